The third-order valence-electron chi connectivity index (χ3n) is 9.63. The highest BCUT2D eigenvalue weighted by Crippen LogP contribution is 2.69. The largest absolute Gasteiger partial charge is 0.303 e. The SMILES string of the molecule is CC(C=O)[C@]1([O])CC[C@H]2[C@@H]3CCC4=CC(C=O)CC[C@]4(C)[C@H]3C(C=O)C[C@@]21C. The van der Waals surface area contributed by atoms with Crippen LogP contribution >= 0.6 is 0 Å². The molecule has 1 radical (unpaired) electrons. The van der Waals surface area contributed by atoms with Crippen molar-refractivity contribution < 1.29 is 19.5 Å². The standard InChI is InChI=1S/C24H33O4/c1-15(12-25)24(28)9-7-20-19-5-4-18-10-16(13-26)6-8-22(18,2)21(19)17(14-27)11-23(20,24)3/h10,12-17,19-21H,4-9,11H2,1-3H3/t15?,16?,17?,19-,20-,21-,22-,23-,24+/m0/s1. The number of carbonyl (C=O) groups is 3. The summed E-state index contributed by atoms with van der Waals surface area (Å²) in [4.78, 5) is 35.2. The Morgan fingerprint density at radius 2 is 1.82 bits per heavy atom. The van der Waals surface area contributed by atoms with Crippen LogP contribution in [0, 0.1) is 46.3 Å². The third-order valence-corrected chi connectivity index (χ3v) is 9.63. The van der Waals surface area contributed by atoms with Gasteiger partial charge < -0.3 is 14.4 Å². The Morgan fingerprint density at radius 3 is 2.46 bits per heavy atom. The Balaban J connectivity index is 1.75. The minimum atomic E-state index is -1.27. The van der Waals surface area contributed by atoms with Crippen molar-refractivity contribution in [2.45, 2.75) is 71.3 Å². The molecule has 9 atom stereocenters. The molecule has 0 bridgehead atoms. The molecule has 0 aromatic heterocycles. The number of carbonyl (C=O) groups excluding carboxylic acids is 3. The molecule has 153 valence electrons. The normalized spacial score (nSPS) is 51.1. The molecule has 0 aliphatic heterocycles. The van der Waals surface area contributed by atoms with E-state index in [-0.39, 0.29) is 29.1 Å². The molecule has 3 unspecified atom stereocenters. The van der Waals surface area contributed by atoms with Gasteiger partial charge in [0.25, 0.3) is 0 Å². The van der Waals surface area contributed by atoms with Crippen LogP contribution in [0.5, 0.6) is 0 Å². The first-order valence-electron chi connectivity index (χ1n) is 11.0. The minimum Gasteiger partial charge on any atom is -0.303 e. The highest BCUT2D eigenvalue weighted by Gasteiger charge is 2.68. The molecule has 4 aliphatic carbocycles. The second kappa shape index (κ2) is 6.62. The minimum absolute atomic E-state index is 0.0115. The number of allylic oxidation sites excluding steroid dienone is 2. The van der Waals surface area contributed by atoms with E-state index in [1.165, 1.54) is 5.57 Å². The lowest BCUT2D eigenvalue weighted by Crippen LogP contribution is -2.59. The molecule has 4 heteroatoms. The lowest BCUT2D eigenvalue weighted by Gasteiger charge is -2.61. The molecule has 0 N–H and O–H groups in total. The van der Waals surface area contributed by atoms with Gasteiger partial charge >= 0.3 is 0 Å². The Hall–Kier alpha value is -1.29. The molecular weight excluding hydrogens is 352 g/mol. The van der Waals surface area contributed by atoms with Gasteiger partial charge in [0.15, 0.2) is 0 Å². The maximum Gasteiger partial charge on any atom is 0.126 e. The van der Waals surface area contributed by atoms with Crippen LogP contribution in [0.3, 0.4) is 0 Å². The van der Waals surface area contributed by atoms with Gasteiger partial charge in [0.05, 0.1) is 0 Å². The fraction of sp³-hybridized carbons (Fsp3) is 0.792. The zero-order valence-corrected chi connectivity index (χ0v) is 17.4. The first-order valence-corrected chi connectivity index (χ1v) is 11.0. The molecule has 0 amide bonds. The van der Waals surface area contributed by atoms with E-state index in [1.807, 2.05) is 0 Å². The fourth-order valence-corrected chi connectivity index (χ4v) is 8.14. The van der Waals surface area contributed by atoms with Crippen LogP contribution in [0.4, 0.5) is 0 Å². The summed E-state index contributed by atoms with van der Waals surface area (Å²) < 4.78 is 0. The zero-order chi connectivity index (χ0) is 20.3. The molecule has 0 saturated heterocycles. The topological polar surface area (TPSA) is 71.1 Å². The van der Waals surface area contributed by atoms with Crippen molar-refractivity contribution in [3.8, 4) is 0 Å². The van der Waals surface area contributed by atoms with E-state index in [0.29, 0.717) is 18.8 Å². The summed E-state index contributed by atoms with van der Waals surface area (Å²) in [5.74, 6) is 0.248. The molecule has 3 fully saturated rings. The number of rotatable bonds is 4. The summed E-state index contributed by atoms with van der Waals surface area (Å²) in [5, 5.41) is 13.9. The van der Waals surface area contributed by atoms with Gasteiger partial charge in [0.1, 0.15) is 24.5 Å². The number of aldehydes is 3. The van der Waals surface area contributed by atoms with Crippen molar-refractivity contribution in [3.05, 3.63) is 11.6 Å². The van der Waals surface area contributed by atoms with Crippen molar-refractivity contribution >= 4 is 18.9 Å². The highest BCUT2D eigenvalue weighted by atomic mass is 16.3. The smallest absolute Gasteiger partial charge is 0.126 e. The quantitative estimate of drug-likeness (QED) is 0.538. The van der Waals surface area contributed by atoms with Crippen LogP contribution in [-0.2, 0) is 19.5 Å². The van der Waals surface area contributed by atoms with E-state index in [4.69, 9.17) is 0 Å². The van der Waals surface area contributed by atoms with Gasteiger partial charge in [-0.15, -0.1) is 0 Å². The molecular formula is C24H33O4. The third kappa shape index (κ3) is 2.42. The first kappa shape index (κ1) is 20.0. The Labute approximate surface area is 168 Å². The fourth-order valence-electron chi connectivity index (χ4n) is 8.14. The summed E-state index contributed by atoms with van der Waals surface area (Å²) in [5.41, 5.74) is -0.449. The lowest BCUT2D eigenvalue weighted by atomic mass is 9.43. The molecule has 0 aromatic rings. The van der Waals surface area contributed by atoms with Crippen molar-refractivity contribution in [2.24, 2.45) is 46.3 Å². The second-order valence-corrected chi connectivity index (χ2v) is 10.6. The van der Waals surface area contributed by atoms with Crippen LogP contribution in [-0.4, -0.2) is 24.5 Å². The van der Waals surface area contributed by atoms with E-state index in [9.17, 15) is 19.5 Å². The van der Waals surface area contributed by atoms with Crippen LogP contribution in [0.15, 0.2) is 11.6 Å². The number of hydrogen-bond acceptors (Lipinski definition) is 3. The highest BCUT2D eigenvalue weighted by molar-refractivity contribution is 5.60. The zero-order valence-electron chi connectivity index (χ0n) is 17.4. The maximum absolute atomic E-state index is 13.9. The van der Waals surface area contributed by atoms with Gasteiger partial charge in [0.2, 0.25) is 0 Å². The van der Waals surface area contributed by atoms with Crippen LogP contribution in [0.2, 0.25) is 0 Å². The van der Waals surface area contributed by atoms with Crippen LogP contribution < -0.4 is 0 Å². The summed E-state index contributed by atoms with van der Waals surface area (Å²) in [7, 11) is 0. The first-order chi connectivity index (χ1) is 13.2. The average molecular weight is 386 g/mol. The van der Waals surface area contributed by atoms with E-state index < -0.39 is 16.9 Å². The Kier molecular flexibility index (Phi) is 4.73. The van der Waals surface area contributed by atoms with Gasteiger partial charge in [-0.2, -0.15) is 0 Å². The molecule has 3 saturated carbocycles. The lowest BCUT2D eigenvalue weighted by molar-refractivity contribution is -0.193. The van der Waals surface area contributed by atoms with Gasteiger partial charge in [-0.1, -0.05) is 32.4 Å². The van der Waals surface area contributed by atoms with Crippen LogP contribution in [0.25, 0.3) is 0 Å². The van der Waals surface area contributed by atoms with Gasteiger partial charge in [-0.05, 0) is 68.1 Å². The van der Waals surface area contributed by atoms with Gasteiger partial charge in [-0.25, -0.2) is 5.11 Å². The summed E-state index contributed by atoms with van der Waals surface area (Å²) >= 11 is 0. The molecule has 0 spiro atoms. The van der Waals surface area contributed by atoms with Crippen molar-refractivity contribution in [3.63, 3.8) is 0 Å². The van der Waals surface area contributed by atoms with E-state index in [1.54, 1.807) is 6.92 Å². The number of fused-ring (bicyclic) bond motifs is 5. The van der Waals surface area contributed by atoms with Crippen molar-refractivity contribution in [1.29, 1.82) is 0 Å². The van der Waals surface area contributed by atoms with Crippen LogP contribution in [0.1, 0.15) is 65.7 Å². The van der Waals surface area contributed by atoms with E-state index in [0.717, 1.165) is 51.0 Å². The maximum atomic E-state index is 13.9. The van der Waals surface area contributed by atoms with Gasteiger partial charge in [0, 0.05) is 23.2 Å². The monoisotopic (exact) mass is 385 g/mol. The van der Waals surface area contributed by atoms with E-state index in [2.05, 4.69) is 19.9 Å². The average Bonchev–Trinajstić information content (AvgIpc) is 2.97. The molecule has 0 heterocycles. The summed E-state index contributed by atoms with van der Waals surface area (Å²) in [6.07, 6.45) is 10.9. The van der Waals surface area contributed by atoms with E-state index >= 15 is 0 Å². The summed E-state index contributed by atoms with van der Waals surface area (Å²) in [6.45, 7) is 6.13. The predicted octanol–water partition coefficient (Wildman–Crippen LogP) is 4.19. The Morgan fingerprint density at radius 1 is 1.07 bits per heavy atom. The second-order valence-electron chi connectivity index (χ2n) is 10.6. The number of hydrogen-bond donors (Lipinski definition) is 0. The molecule has 0 aromatic carbocycles. The van der Waals surface area contributed by atoms with Crippen molar-refractivity contribution in [2.75, 3.05) is 0 Å². The van der Waals surface area contributed by atoms with Gasteiger partial charge in [-0.3, -0.25) is 0 Å². The molecule has 28 heavy (non-hydrogen) atoms. The molecule has 4 rings (SSSR count). The molecule has 4 nitrogen and oxygen atoms in total. The Bertz CT molecular complexity index is 713. The molecule has 4 aliphatic rings. The van der Waals surface area contributed by atoms with Crippen molar-refractivity contribution in [1.82, 2.24) is 0 Å². The predicted molar refractivity (Wildman–Crippen MR) is 105 cm³/mol. The summed E-state index contributed by atoms with van der Waals surface area (Å²) in [6, 6.07) is 0.